The molecule has 0 aliphatic heterocycles. The lowest BCUT2D eigenvalue weighted by atomic mass is 9.85. The summed E-state index contributed by atoms with van der Waals surface area (Å²) in [6.07, 6.45) is -4.23. The van der Waals surface area contributed by atoms with Crippen LogP contribution in [0.25, 0.3) is 0 Å². The summed E-state index contributed by atoms with van der Waals surface area (Å²) in [5.41, 5.74) is 0.306. The molecule has 1 aromatic heterocycles. The fraction of sp³-hybridized carbons (Fsp3) is 0.429. The first-order chi connectivity index (χ1) is 23.3. The third kappa shape index (κ3) is 6.27. The predicted octanol–water partition coefficient (Wildman–Crippen LogP) is 5.97. The van der Waals surface area contributed by atoms with Gasteiger partial charge in [0.1, 0.15) is 18.3 Å². The summed E-state index contributed by atoms with van der Waals surface area (Å²) in [7, 11) is 0. The molecule has 51 heavy (non-hydrogen) atoms. The van der Waals surface area contributed by atoms with Crippen molar-refractivity contribution in [1.82, 2.24) is 13.7 Å². The van der Waals surface area contributed by atoms with Crippen LogP contribution in [0, 0.1) is 62.3 Å². The van der Waals surface area contributed by atoms with Gasteiger partial charge >= 0.3 is 17.1 Å². The summed E-state index contributed by atoms with van der Waals surface area (Å²) in [4.78, 5) is 44.5. The van der Waals surface area contributed by atoms with Crippen molar-refractivity contribution in [2.45, 2.75) is 118 Å². The molecule has 0 spiro atoms. The Hall–Kier alpha value is -4.05. The number of benzene rings is 3. The molecular formula is C42H54N3O6. The molecule has 3 atom stereocenters. The molecule has 3 N–H and O–H groups in total. The normalized spacial score (nSPS) is 14.5. The molecule has 0 bridgehead atoms. The lowest BCUT2D eigenvalue weighted by Crippen LogP contribution is -2.67. The second-order valence-corrected chi connectivity index (χ2v) is 15.7. The Balaban J connectivity index is 2.14. The largest absolute Gasteiger partial charge is 0.386 e. The summed E-state index contributed by atoms with van der Waals surface area (Å²) in [5, 5.41) is 36.1. The van der Waals surface area contributed by atoms with Crippen LogP contribution in [-0.2, 0) is 16.6 Å². The lowest BCUT2D eigenvalue weighted by Gasteiger charge is -2.40. The zero-order valence-corrected chi connectivity index (χ0v) is 32.2. The maximum Gasteiger partial charge on any atom is 0.337 e. The van der Waals surface area contributed by atoms with Crippen LogP contribution >= 0.6 is 0 Å². The SMILES string of the molecule is [CH2]c1c(C)ccc(C(O)C(C)(C)n2c(=O)n(C(C)(C)C(O)c3ccc(C)c([CH2])c3C)c(=O)n(C(C)(C)C(O)c3ccc(C)c([CH2])c3C)c2=O)c1C. The summed E-state index contributed by atoms with van der Waals surface area (Å²) in [5.74, 6) is 0. The molecule has 0 fully saturated rings. The Kier molecular flexibility index (Phi) is 10.5. The minimum atomic E-state index is -1.65. The predicted molar refractivity (Wildman–Crippen MR) is 203 cm³/mol. The zero-order valence-electron chi connectivity index (χ0n) is 32.2. The van der Waals surface area contributed by atoms with E-state index in [1.165, 1.54) is 0 Å². The van der Waals surface area contributed by atoms with Gasteiger partial charge in [0.25, 0.3) is 0 Å². The lowest BCUT2D eigenvalue weighted by molar-refractivity contribution is 0.0122. The van der Waals surface area contributed by atoms with Crippen molar-refractivity contribution in [3.05, 3.63) is 155 Å². The molecule has 0 saturated carbocycles. The second kappa shape index (κ2) is 13.5. The first-order valence-corrected chi connectivity index (χ1v) is 17.2. The van der Waals surface area contributed by atoms with Crippen molar-refractivity contribution in [3.8, 4) is 0 Å². The van der Waals surface area contributed by atoms with Gasteiger partial charge in [-0.2, -0.15) is 0 Å². The molecular weight excluding hydrogens is 642 g/mol. The number of aliphatic hydroxyl groups excluding tert-OH is 3. The third-order valence-corrected chi connectivity index (χ3v) is 11.4. The van der Waals surface area contributed by atoms with E-state index in [2.05, 4.69) is 20.8 Å². The van der Waals surface area contributed by atoms with Crippen molar-refractivity contribution in [2.24, 2.45) is 0 Å². The van der Waals surface area contributed by atoms with Crippen molar-refractivity contribution < 1.29 is 15.3 Å². The standard InChI is InChI=1S/C42H54N3O6/c1-22-16-19-31(28(7)25(22)4)34(46)40(10,11)43-37(49)44(41(12,13)35(47)32-20-17-23(2)26(5)29(32)8)39(51)45(38(43)50)42(14,15)36(48)33-21-18-24(3)27(6)30(33)9/h16-21,34-36,46-48H,4-6H2,1-3,7-15H3. The van der Waals surface area contributed by atoms with E-state index in [1.807, 2.05) is 59.7 Å². The first-order valence-electron chi connectivity index (χ1n) is 17.2. The molecule has 3 unspecified atom stereocenters. The number of aliphatic hydroxyl groups is 3. The van der Waals surface area contributed by atoms with Crippen molar-refractivity contribution >= 4 is 0 Å². The Morgan fingerprint density at radius 3 is 0.843 bits per heavy atom. The molecule has 9 heteroatoms. The average molecular weight is 697 g/mol. The van der Waals surface area contributed by atoms with Gasteiger partial charge < -0.3 is 15.3 Å². The van der Waals surface area contributed by atoms with Crippen molar-refractivity contribution in [2.75, 3.05) is 0 Å². The van der Waals surface area contributed by atoms with Gasteiger partial charge in [0.05, 0.1) is 16.6 Å². The van der Waals surface area contributed by atoms with Crippen LogP contribution in [0.3, 0.4) is 0 Å². The third-order valence-electron chi connectivity index (χ3n) is 11.4. The zero-order chi connectivity index (χ0) is 38.9. The van der Waals surface area contributed by atoms with Crippen molar-refractivity contribution in [1.29, 1.82) is 0 Å². The van der Waals surface area contributed by atoms with E-state index in [-0.39, 0.29) is 0 Å². The second-order valence-electron chi connectivity index (χ2n) is 15.7. The van der Waals surface area contributed by atoms with E-state index in [0.717, 1.165) is 30.4 Å². The van der Waals surface area contributed by atoms with Gasteiger partial charge in [-0.25, -0.2) is 28.1 Å². The number of aryl methyl sites for hydroxylation is 3. The number of hydrogen-bond donors (Lipinski definition) is 3. The van der Waals surface area contributed by atoms with E-state index < -0.39 is 52.0 Å². The summed E-state index contributed by atoms with van der Waals surface area (Å²) < 4.78 is 2.61. The van der Waals surface area contributed by atoms with Gasteiger partial charge in [0.2, 0.25) is 0 Å². The highest BCUT2D eigenvalue weighted by Gasteiger charge is 2.45. The number of nitrogens with zero attached hydrogens (tertiary/aromatic N) is 3. The maximum absolute atomic E-state index is 14.8. The molecule has 0 aliphatic carbocycles. The first kappa shape index (κ1) is 39.7. The van der Waals surface area contributed by atoms with Crippen LogP contribution in [-0.4, -0.2) is 29.0 Å². The number of hydrogen-bond acceptors (Lipinski definition) is 6. The minimum Gasteiger partial charge on any atom is -0.386 e. The monoisotopic (exact) mass is 696 g/mol. The van der Waals surface area contributed by atoms with Crippen LogP contribution in [0.1, 0.15) is 127 Å². The molecule has 273 valence electrons. The average Bonchev–Trinajstić information content (AvgIpc) is 3.04. The Labute approximate surface area is 301 Å². The highest BCUT2D eigenvalue weighted by molar-refractivity contribution is 5.45. The van der Waals surface area contributed by atoms with Crippen LogP contribution in [0.15, 0.2) is 50.8 Å². The Morgan fingerprint density at radius 2 is 0.647 bits per heavy atom. The minimum absolute atomic E-state index is 0.460. The van der Waals surface area contributed by atoms with Crippen LogP contribution in [0.4, 0.5) is 0 Å². The molecule has 9 nitrogen and oxygen atoms in total. The maximum atomic E-state index is 14.8. The Morgan fingerprint density at radius 1 is 0.451 bits per heavy atom. The fourth-order valence-corrected chi connectivity index (χ4v) is 7.15. The quantitative estimate of drug-likeness (QED) is 0.198. The van der Waals surface area contributed by atoms with Gasteiger partial charge in [0, 0.05) is 0 Å². The van der Waals surface area contributed by atoms with E-state index in [1.54, 1.807) is 59.7 Å². The van der Waals surface area contributed by atoms with E-state index in [0.29, 0.717) is 50.1 Å². The molecule has 0 aliphatic rings. The van der Waals surface area contributed by atoms with Gasteiger partial charge in [-0.15, -0.1) is 0 Å². The number of aromatic nitrogens is 3. The topological polar surface area (TPSA) is 127 Å². The Bertz CT molecular complexity index is 1920. The molecule has 0 saturated heterocycles. The summed E-state index contributed by atoms with van der Waals surface area (Å²) in [6.45, 7) is 32.8. The van der Waals surface area contributed by atoms with Crippen molar-refractivity contribution in [3.63, 3.8) is 0 Å². The van der Waals surface area contributed by atoms with E-state index in [9.17, 15) is 29.7 Å². The molecule has 3 radical (unpaired) electrons. The van der Waals surface area contributed by atoms with Gasteiger partial charge in [0.15, 0.2) is 0 Å². The van der Waals surface area contributed by atoms with E-state index >= 15 is 0 Å². The summed E-state index contributed by atoms with van der Waals surface area (Å²) >= 11 is 0. The molecule has 4 aromatic rings. The van der Waals surface area contributed by atoms with Crippen LogP contribution < -0.4 is 17.1 Å². The highest BCUT2D eigenvalue weighted by Crippen LogP contribution is 2.38. The molecule has 0 amide bonds. The van der Waals surface area contributed by atoms with Gasteiger partial charge in [-0.1, -0.05) is 36.4 Å². The van der Waals surface area contributed by atoms with Gasteiger partial charge in [-0.3, -0.25) is 0 Å². The number of rotatable bonds is 9. The fourth-order valence-electron chi connectivity index (χ4n) is 7.15. The van der Waals surface area contributed by atoms with Crippen LogP contribution in [0.2, 0.25) is 0 Å². The smallest absolute Gasteiger partial charge is 0.337 e. The summed E-state index contributed by atoms with van der Waals surface area (Å²) in [6, 6.07) is 10.6. The highest BCUT2D eigenvalue weighted by atomic mass is 16.3. The van der Waals surface area contributed by atoms with Gasteiger partial charge in [-0.05, 0) is 171 Å². The molecule has 3 aromatic carbocycles. The van der Waals surface area contributed by atoms with Crippen LogP contribution in [0.5, 0.6) is 0 Å². The molecule has 1 heterocycles. The van der Waals surface area contributed by atoms with E-state index in [4.69, 9.17) is 0 Å². The molecule has 4 rings (SSSR count).